The Morgan fingerprint density at radius 3 is 0.880 bits per heavy atom. The Balaban J connectivity index is -0.000000147. The molecule has 0 amide bonds. The smallest absolute Gasteiger partial charge is 0.400 e. The summed E-state index contributed by atoms with van der Waals surface area (Å²) in [6, 6.07) is 3.70. The predicted molar refractivity (Wildman–Crippen MR) is 420 cm³/mol. The van der Waals surface area contributed by atoms with Crippen LogP contribution in [0.4, 0.5) is 109 Å². The van der Waals surface area contributed by atoms with E-state index >= 15 is 0 Å². The van der Waals surface area contributed by atoms with Crippen LogP contribution in [0.15, 0.2) is 222 Å². The Labute approximate surface area is 633 Å². The maximum Gasteiger partial charge on any atom is 0.422 e. The third kappa shape index (κ3) is 61.2. The summed E-state index contributed by atoms with van der Waals surface area (Å²) in [5.41, 5.74) is 15.2. The van der Waals surface area contributed by atoms with Crippen LogP contribution in [0, 0.1) is 24.7 Å². The molecule has 0 aromatic rings. The molecule has 0 aromatic heterocycles. The molecule has 622 valence electrons. The highest BCUT2D eigenvalue weighted by atomic mass is 28.4. The van der Waals surface area contributed by atoms with Gasteiger partial charge < -0.3 is 21.8 Å². The van der Waals surface area contributed by atoms with Crippen molar-refractivity contribution in [1.82, 2.24) is 0 Å². The first-order valence-corrected chi connectivity index (χ1v) is 55.3. The van der Waals surface area contributed by atoms with E-state index in [4.69, 9.17) is 17.3 Å². The molecule has 0 aromatic carbocycles. The van der Waals surface area contributed by atoms with Gasteiger partial charge in [0.25, 0.3) is 16.7 Å². The van der Waals surface area contributed by atoms with Crippen LogP contribution < -0.4 is 0 Å². The average molecular weight is 1740 g/mol. The molecule has 0 aliphatic carbocycles. The van der Waals surface area contributed by atoms with Gasteiger partial charge >= 0.3 is 58.0 Å². The lowest BCUT2D eigenvalue weighted by Gasteiger charge is -2.33. The Bertz CT molecular complexity index is 2700. The zero-order chi connectivity index (χ0) is 88.4. The molecule has 38 heteroatoms. The molecule has 1 unspecified atom stereocenters. The first-order chi connectivity index (χ1) is 48.4. The van der Waals surface area contributed by atoms with Crippen molar-refractivity contribution >= 4 is 74.0 Å². The van der Waals surface area contributed by atoms with Gasteiger partial charge in [0.1, 0.15) is 43.0 Å². The maximum atomic E-state index is 12.7. The van der Waals surface area contributed by atoms with E-state index in [9.17, 15) is 109 Å². The molecule has 0 fully saturated rings. The highest BCUT2D eigenvalue weighted by molar-refractivity contribution is 6.90. The number of hydrogen-bond donors (Lipinski definition) is 0. The zero-order valence-electron chi connectivity index (χ0n) is 62.8. The van der Waals surface area contributed by atoms with Crippen LogP contribution >= 0.6 is 0 Å². The molecule has 0 aliphatic heterocycles. The maximum absolute atomic E-state index is 12.7. The van der Waals surface area contributed by atoms with Crippen LogP contribution in [0.2, 0.25) is 99.7 Å². The standard InChI is InChI=1S/C10H18Si.C9H10F6OSi.C8H10F6Si.C8H13F3O2Si.C8H13F3Si.C7H11F3OSi.C7H11F3Si.C7H12Si.C6H9FSi/c1-5-8-11(4,9-6-2)10-7-3;1-4-17(5-2,6-3)16-7(8(10,11)12)9(13,14)15;1-4-15(3,5-2)6(7(9,10)11)8(12,13)14;1-4-12-14(5-2,6-3)13-7-8(9,10)11;1-4-12(5-2,6-3)7-8(9,10)11;1-4-12(3,5-2)11-6-7(8,9)10;1-4-11(3,5-2)6-7(8,9)10;1-5-7-8(3,4)6-2;1-4-6-8(3,7)5-2/h5-7H,1-3,8-10H2,4H3;4-7H,1-3H2;4-6H,1-2H2,3H3;5-6H,2-4,7H2,1H3;4-5H,1-2,6-7H2,3H3;4-5H,1-2,6H2,3H3;4-5H,1-2,6H2,3H3;1,6H,2,7H2,3-4H3;1,5H,2,6H2,3H3. The van der Waals surface area contributed by atoms with E-state index in [0.29, 0.717) is 6.04 Å². The minimum atomic E-state index is -5.55. The molecule has 4 nitrogen and oxygen atoms in total. The molecular formula is C70H107F25O4Si9. The van der Waals surface area contributed by atoms with E-state index in [1.54, 1.807) is 33.5 Å². The SMILES string of the molecule is C#CC[Si](C)(C)C=C.C#CC[Si](C)(F)C=C.C=CC[Si](C)(CC=C)CC=C.C=C[Si](C)(C=C)C(C(F)(F)F)C(F)(F)F.C=C[Si](C)(C=C)CC(F)(F)F.C=C[Si](C)(C=C)OCC(F)(F)F.C=C[Si](C=C)(C=C)OC(C(F)(F)F)C(F)(F)F.C=C[Si](C=C)(CC)CC(F)(F)F.C=C[Si](C=C)(OCC)OCC(F)(F)F. The van der Waals surface area contributed by atoms with Crippen LogP contribution in [0.5, 0.6) is 0 Å². The first kappa shape index (κ1) is 121. The van der Waals surface area contributed by atoms with Gasteiger partial charge in [0.2, 0.25) is 14.4 Å². The van der Waals surface area contributed by atoms with Gasteiger partial charge in [-0.25, -0.2) is 0 Å². The van der Waals surface area contributed by atoms with Gasteiger partial charge in [0, 0.05) is 30.8 Å². The molecule has 0 radical (unpaired) electrons. The van der Waals surface area contributed by atoms with E-state index in [0.717, 1.165) is 41.1 Å². The quantitative estimate of drug-likeness (QED) is 0.0208. The zero-order valence-corrected chi connectivity index (χ0v) is 71.8. The second kappa shape index (κ2) is 54.2. The summed E-state index contributed by atoms with van der Waals surface area (Å²) in [4.78, 5) is 0. The van der Waals surface area contributed by atoms with E-state index in [2.05, 4.69) is 163 Å². The van der Waals surface area contributed by atoms with Crippen molar-refractivity contribution in [3.8, 4) is 24.7 Å². The summed E-state index contributed by atoms with van der Waals surface area (Å²) in [5, 5.41) is 0. The number of terminal acetylenes is 2. The van der Waals surface area contributed by atoms with Crippen molar-refractivity contribution in [2.24, 2.45) is 0 Å². The van der Waals surface area contributed by atoms with Crippen molar-refractivity contribution in [2.45, 2.75) is 169 Å². The van der Waals surface area contributed by atoms with Gasteiger partial charge in [-0.15, -0.1) is 149 Å². The molecule has 1 atom stereocenters. The fraction of sp³-hybridized carbons (Fsp3) is 0.429. The Hall–Kier alpha value is -5.52. The van der Waals surface area contributed by atoms with Gasteiger partial charge in [-0.1, -0.05) is 132 Å². The molecule has 0 heterocycles. The van der Waals surface area contributed by atoms with Gasteiger partial charge in [0.15, 0.2) is 0 Å². The third-order valence-electron chi connectivity index (χ3n) is 14.2. The minimum Gasteiger partial charge on any atom is -0.400 e. The van der Waals surface area contributed by atoms with Gasteiger partial charge in [0.05, 0.1) is 16.1 Å². The number of alkyl halides is 24. The molecule has 108 heavy (non-hydrogen) atoms. The highest BCUT2D eigenvalue weighted by Crippen LogP contribution is 2.50. The molecule has 0 bridgehead atoms. The van der Waals surface area contributed by atoms with Crippen LogP contribution in [0.25, 0.3) is 0 Å². The lowest BCUT2D eigenvalue weighted by Crippen LogP contribution is -2.51. The van der Waals surface area contributed by atoms with Gasteiger partial charge in [-0.3, -0.25) is 0 Å². The summed E-state index contributed by atoms with van der Waals surface area (Å²) in [5.74, 6) is 4.92. The normalized spacial score (nSPS) is 12.9. The van der Waals surface area contributed by atoms with Crippen molar-refractivity contribution in [2.75, 3.05) is 19.8 Å². The first-order valence-electron chi connectivity index (χ1n) is 31.4. The molecule has 0 rings (SSSR count). The number of halogens is 25. The Morgan fingerprint density at radius 1 is 0.380 bits per heavy atom. The summed E-state index contributed by atoms with van der Waals surface area (Å²) >= 11 is 0. The lowest BCUT2D eigenvalue weighted by molar-refractivity contribution is -0.302. The predicted octanol–water partition coefficient (Wildman–Crippen LogP) is 26.8. The fourth-order valence-corrected chi connectivity index (χ4v) is 20.0. The van der Waals surface area contributed by atoms with E-state index < -0.39 is 160 Å². The second-order valence-corrected chi connectivity index (χ2v) is 59.5. The van der Waals surface area contributed by atoms with Crippen molar-refractivity contribution in [1.29, 1.82) is 0 Å². The Kier molecular flexibility index (Phi) is 60.6. The summed E-state index contributed by atoms with van der Waals surface area (Å²) < 4.78 is 321. The average Bonchev–Trinajstić information content (AvgIpc) is 0.783. The summed E-state index contributed by atoms with van der Waals surface area (Å²) in [6.45, 7) is 74.7. The van der Waals surface area contributed by atoms with E-state index in [-0.39, 0.29) is 12.7 Å². The van der Waals surface area contributed by atoms with Crippen molar-refractivity contribution in [3.05, 3.63) is 222 Å². The molecule has 0 N–H and O–H groups in total. The van der Waals surface area contributed by atoms with Crippen molar-refractivity contribution < 1.29 is 127 Å². The molecular weight excluding hydrogens is 1630 g/mol. The number of allylic oxidation sites excluding steroid dienone is 3. The molecule has 0 saturated heterocycles. The van der Waals surface area contributed by atoms with Crippen LogP contribution in [-0.4, -0.2) is 149 Å². The Morgan fingerprint density at radius 2 is 0.722 bits per heavy atom. The van der Waals surface area contributed by atoms with Crippen molar-refractivity contribution in [3.63, 3.8) is 0 Å². The fourth-order valence-electron chi connectivity index (χ4n) is 6.92. The lowest BCUT2D eigenvalue weighted by atomic mass is 10.3. The number of hydrogen-bond acceptors (Lipinski definition) is 4. The van der Waals surface area contributed by atoms with Crippen LogP contribution in [0.3, 0.4) is 0 Å². The van der Waals surface area contributed by atoms with Crippen LogP contribution in [0.1, 0.15) is 13.8 Å². The minimum absolute atomic E-state index is 0.247. The molecule has 0 spiro atoms. The largest absolute Gasteiger partial charge is 0.422 e. The summed E-state index contributed by atoms with van der Waals surface area (Å²) in [7, 11) is -22.8. The monoisotopic (exact) mass is 1740 g/mol. The van der Waals surface area contributed by atoms with E-state index in [1.807, 2.05) is 23.9 Å². The molecule has 0 aliphatic rings. The van der Waals surface area contributed by atoms with Gasteiger partial charge in [-0.2, -0.15) is 105 Å². The molecule has 0 saturated carbocycles. The topological polar surface area (TPSA) is 36.9 Å². The van der Waals surface area contributed by atoms with E-state index in [1.165, 1.54) is 69.4 Å². The van der Waals surface area contributed by atoms with Crippen LogP contribution in [-0.2, 0) is 17.7 Å². The highest BCUT2D eigenvalue weighted by Gasteiger charge is 2.64. The third-order valence-corrected chi connectivity index (χ3v) is 40.1. The second-order valence-electron chi connectivity index (χ2n) is 24.5. The number of rotatable bonds is 35. The van der Waals surface area contributed by atoms with Gasteiger partial charge in [-0.05, 0) is 49.5 Å². The summed E-state index contributed by atoms with van der Waals surface area (Å²) in [6.07, 6.45) is -26.3.